The molecule has 0 saturated heterocycles. The molecule has 1 saturated carbocycles. The van der Waals surface area contributed by atoms with Crippen molar-refractivity contribution in [1.82, 2.24) is 9.55 Å². The summed E-state index contributed by atoms with van der Waals surface area (Å²) in [7, 11) is 2.74. The van der Waals surface area contributed by atoms with Crippen LogP contribution >= 0.6 is 0 Å². The number of halogens is 1. The maximum atomic E-state index is 13.8. The summed E-state index contributed by atoms with van der Waals surface area (Å²) in [5, 5.41) is 0. The highest BCUT2D eigenvalue weighted by Gasteiger charge is 2.41. The molecule has 3 rings (SSSR count). The van der Waals surface area contributed by atoms with Crippen LogP contribution in [-0.2, 0) is 16.1 Å². The Bertz CT molecular complexity index is 818. The third-order valence-corrected chi connectivity index (χ3v) is 4.94. The molecule has 0 aliphatic heterocycles. The summed E-state index contributed by atoms with van der Waals surface area (Å²) in [6.45, 7) is 0.216. The van der Waals surface area contributed by atoms with Gasteiger partial charge in [-0.05, 0) is 12.8 Å². The van der Waals surface area contributed by atoms with Crippen molar-refractivity contribution in [2.24, 2.45) is 5.41 Å². The summed E-state index contributed by atoms with van der Waals surface area (Å²) in [5.74, 6) is -0.776. The van der Waals surface area contributed by atoms with Crippen LogP contribution in [0.2, 0.25) is 0 Å². The quantitative estimate of drug-likeness (QED) is 0.871. The first kappa shape index (κ1) is 16.5. The fourth-order valence-electron chi connectivity index (χ4n) is 3.65. The highest BCUT2D eigenvalue weighted by atomic mass is 19.1. The molecule has 1 fully saturated rings. The number of carbonyl (C=O) groups excluding carboxylic acids is 1. The standard InChI is InChI=1S/C17H21FN2O4/c1-23-14-9-13-12(8-11(14)18)19-16(22)20(13)10-17(15(21)24-2)6-4-3-5-7-17/h8-9H,3-7,10H2,1-2H3,(H,19,22). The minimum atomic E-state index is -0.715. The number of rotatable bonds is 4. The fraction of sp³-hybridized carbons (Fsp3) is 0.529. The van der Waals surface area contributed by atoms with Gasteiger partial charge in [-0.15, -0.1) is 0 Å². The van der Waals surface area contributed by atoms with E-state index in [1.165, 1.54) is 30.9 Å². The van der Waals surface area contributed by atoms with Crippen LogP contribution in [0.1, 0.15) is 32.1 Å². The van der Waals surface area contributed by atoms with Gasteiger partial charge >= 0.3 is 11.7 Å². The van der Waals surface area contributed by atoms with Crippen LogP contribution < -0.4 is 10.4 Å². The molecule has 2 aromatic rings. The number of fused-ring (bicyclic) bond motifs is 1. The summed E-state index contributed by atoms with van der Waals surface area (Å²) in [5.41, 5.74) is -0.180. The molecular weight excluding hydrogens is 315 g/mol. The van der Waals surface area contributed by atoms with Crippen LogP contribution in [0, 0.1) is 11.2 Å². The van der Waals surface area contributed by atoms with Crippen molar-refractivity contribution in [3.63, 3.8) is 0 Å². The van der Waals surface area contributed by atoms with E-state index in [1.54, 1.807) is 0 Å². The SMILES string of the molecule is COC(=O)C1(Cn2c(=O)[nH]c3cc(F)c(OC)cc32)CCCCC1. The average molecular weight is 336 g/mol. The van der Waals surface area contributed by atoms with Gasteiger partial charge in [-0.3, -0.25) is 9.36 Å². The lowest BCUT2D eigenvalue weighted by Gasteiger charge is -2.34. The van der Waals surface area contributed by atoms with Crippen molar-refractivity contribution in [3.8, 4) is 5.75 Å². The maximum absolute atomic E-state index is 13.8. The van der Waals surface area contributed by atoms with Gasteiger partial charge in [0.1, 0.15) is 0 Å². The molecule has 0 spiro atoms. The molecule has 7 heteroatoms. The number of aromatic amines is 1. The van der Waals surface area contributed by atoms with E-state index in [9.17, 15) is 14.0 Å². The zero-order valence-electron chi connectivity index (χ0n) is 13.9. The Balaban J connectivity index is 2.09. The lowest BCUT2D eigenvalue weighted by Crippen LogP contribution is -2.40. The molecule has 0 amide bonds. The summed E-state index contributed by atoms with van der Waals surface area (Å²) in [4.78, 5) is 27.4. The van der Waals surface area contributed by atoms with Crippen molar-refractivity contribution < 1.29 is 18.7 Å². The van der Waals surface area contributed by atoms with Gasteiger partial charge in [0.05, 0.1) is 30.7 Å². The van der Waals surface area contributed by atoms with E-state index in [1.807, 2.05) is 0 Å². The molecule has 1 N–H and O–H groups in total. The number of ether oxygens (including phenoxy) is 2. The van der Waals surface area contributed by atoms with Crippen molar-refractivity contribution in [2.75, 3.05) is 14.2 Å². The first-order valence-electron chi connectivity index (χ1n) is 8.05. The lowest BCUT2D eigenvalue weighted by atomic mass is 9.74. The van der Waals surface area contributed by atoms with Crippen molar-refractivity contribution in [3.05, 3.63) is 28.4 Å². The number of imidazole rings is 1. The number of nitrogens with zero attached hydrogens (tertiary/aromatic N) is 1. The van der Waals surface area contributed by atoms with Crippen molar-refractivity contribution in [1.29, 1.82) is 0 Å². The Morgan fingerprint density at radius 3 is 2.62 bits per heavy atom. The van der Waals surface area contributed by atoms with E-state index < -0.39 is 11.2 Å². The minimum Gasteiger partial charge on any atom is -0.494 e. The van der Waals surface area contributed by atoms with Gasteiger partial charge < -0.3 is 14.5 Å². The number of esters is 1. The first-order chi connectivity index (χ1) is 11.5. The summed E-state index contributed by atoms with van der Waals surface area (Å²) >= 11 is 0. The highest BCUT2D eigenvalue weighted by molar-refractivity contribution is 5.79. The normalized spacial score (nSPS) is 17.0. The van der Waals surface area contributed by atoms with Crippen LogP contribution in [0.25, 0.3) is 11.0 Å². The number of H-pyrrole nitrogens is 1. The van der Waals surface area contributed by atoms with E-state index in [4.69, 9.17) is 9.47 Å². The van der Waals surface area contributed by atoms with Gasteiger partial charge in [-0.25, -0.2) is 9.18 Å². The van der Waals surface area contributed by atoms with Crippen LogP contribution in [0.15, 0.2) is 16.9 Å². The Morgan fingerprint density at radius 1 is 1.29 bits per heavy atom. The van der Waals surface area contributed by atoms with Gasteiger partial charge in [0.2, 0.25) is 0 Å². The Kier molecular flexibility index (Phi) is 4.34. The zero-order chi connectivity index (χ0) is 17.3. The third kappa shape index (κ3) is 2.68. The van der Waals surface area contributed by atoms with E-state index in [2.05, 4.69) is 4.98 Å². The monoisotopic (exact) mass is 336 g/mol. The molecule has 130 valence electrons. The van der Waals surface area contributed by atoms with Gasteiger partial charge in [0.15, 0.2) is 11.6 Å². The molecule has 0 bridgehead atoms. The number of hydrogen-bond acceptors (Lipinski definition) is 4. The Morgan fingerprint density at radius 2 is 2.00 bits per heavy atom. The van der Waals surface area contributed by atoms with E-state index in [0.29, 0.717) is 23.9 Å². The van der Waals surface area contributed by atoms with Gasteiger partial charge in [-0.2, -0.15) is 0 Å². The second-order valence-electron chi connectivity index (χ2n) is 6.35. The number of methoxy groups -OCH3 is 2. The lowest BCUT2D eigenvalue weighted by molar-refractivity contribution is -0.156. The molecular formula is C17H21FN2O4. The molecule has 0 atom stereocenters. The highest BCUT2D eigenvalue weighted by Crippen LogP contribution is 2.39. The predicted octanol–water partition coefficient (Wildman–Crippen LogP) is 2.60. The van der Waals surface area contributed by atoms with E-state index in [0.717, 1.165) is 19.3 Å². The Labute approximate surface area is 138 Å². The topological polar surface area (TPSA) is 73.3 Å². The van der Waals surface area contributed by atoms with E-state index >= 15 is 0 Å². The molecule has 1 aromatic carbocycles. The minimum absolute atomic E-state index is 0.0611. The molecule has 1 aromatic heterocycles. The number of benzene rings is 1. The van der Waals surface area contributed by atoms with E-state index in [-0.39, 0.29) is 24.0 Å². The Hall–Kier alpha value is -2.31. The van der Waals surface area contributed by atoms with Crippen LogP contribution in [-0.4, -0.2) is 29.7 Å². The zero-order valence-corrected chi connectivity index (χ0v) is 13.9. The number of aromatic nitrogens is 2. The van der Waals surface area contributed by atoms with Gasteiger partial charge in [-0.1, -0.05) is 19.3 Å². The van der Waals surface area contributed by atoms with Crippen molar-refractivity contribution >= 4 is 17.0 Å². The molecule has 1 aliphatic carbocycles. The van der Waals surface area contributed by atoms with Crippen LogP contribution in [0.4, 0.5) is 4.39 Å². The average Bonchev–Trinajstić information content (AvgIpc) is 2.88. The molecule has 6 nitrogen and oxygen atoms in total. The molecule has 1 heterocycles. The second kappa shape index (κ2) is 6.30. The third-order valence-electron chi connectivity index (χ3n) is 4.94. The fourth-order valence-corrected chi connectivity index (χ4v) is 3.65. The maximum Gasteiger partial charge on any atom is 0.326 e. The predicted molar refractivity (Wildman–Crippen MR) is 86.6 cm³/mol. The summed E-state index contributed by atoms with van der Waals surface area (Å²) < 4.78 is 25.3. The van der Waals surface area contributed by atoms with Crippen LogP contribution in [0.3, 0.4) is 0 Å². The molecule has 0 radical (unpaired) electrons. The van der Waals surface area contributed by atoms with Gasteiger partial charge in [0, 0.05) is 18.7 Å². The van der Waals surface area contributed by atoms with Crippen LogP contribution in [0.5, 0.6) is 5.75 Å². The number of nitrogens with one attached hydrogen (secondary N) is 1. The van der Waals surface area contributed by atoms with Gasteiger partial charge in [0.25, 0.3) is 0 Å². The summed E-state index contributed by atoms with van der Waals surface area (Å²) in [6.07, 6.45) is 4.27. The number of carbonyl (C=O) groups is 1. The smallest absolute Gasteiger partial charge is 0.326 e. The first-order valence-corrected chi connectivity index (χ1v) is 8.05. The molecule has 1 aliphatic rings. The largest absolute Gasteiger partial charge is 0.494 e. The summed E-state index contributed by atoms with van der Waals surface area (Å²) in [6, 6.07) is 2.72. The number of hydrogen-bond donors (Lipinski definition) is 1. The second-order valence-corrected chi connectivity index (χ2v) is 6.35. The van der Waals surface area contributed by atoms with Crippen molar-refractivity contribution in [2.45, 2.75) is 38.6 Å². The molecule has 0 unspecified atom stereocenters. The molecule has 24 heavy (non-hydrogen) atoms.